The van der Waals surface area contributed by atoms with Gasteiger partial charge < -0.3 is 15.8 Å². The van der Waals surface area contributed by atoms with E-state index in [1.54, 1.807) is 0 Å². The number of hydrogen-bond acceptors (Lipinski definition) is 3. The minimum absolute atomic E-state index is 0.0572. The maximum Gasteiger partial charge on any atom is 0.246 e. The van der Waals surface area contributed by atoms with Crippen molar-refractivity contribution in [2.45, 2.75) is 38.7 Å². The van der Waals surface area contributed by atoms with Crippen LogP contribution in [0.25, 0.3) is 0 Å². The van der Waals surface area contributed by atoms with Crippen LogP contribution in [-0.2, 0) is 9.53 Å². The summed E-state index contributed by atoms with van der Waals surface area (Å²) < 4.78 is 5.60. The minimum Gasteiger partial charge on any atom is -0.368 e. The molecular formula is C11H22N2O2. The molecule has 0 heterocycles. The summed E-state index contributed by atoms with van der Waals surface area (Å²) in [5.74, 6) is 0.527. The first-order valence-corrected chi connectivity index (χ1v) is 5.82. The Kier molecular flexibility index (Phi) is 5.65. The highest BCUT2D eigenvalue weighted by atomic mass is 16.5. The van der Waals surface area contributed by atoms with Gasteiger partial charge in [0.15, 0.2) is 0 Å². The Bertz CT molecular complexity index is 197. The van der Waals surface area contributed by atoms with E-state index in [4.69, 9.17) is 10.5 Å². The Morgan fingerprint density at radius 1 is 1.47 bits per heavy atom. The van der Waals surface area contributed by atoms with Gasteiger partial charge >= 0.3 is 0 Å². The van der Waals surface area contributed by atoms with Gasteiger partial charge in [0.2, 0.25) is 5.91 Å². The predicted octanol–water partition coefficient (Wildman–Crippen LogP) is 0.657. The Morgan fingerprint density at radius 3 is 2.87 bits per heavy atom. The SMILES string of the molecule is CC1CCCCC1OCC(=O)NCCN. The molecule has 0 aliphatic heterocycles. The number of carbonyl (C=O) groups is 1. The zero-order valence-electron chi connectivity index (χ0n) is 9.50. The molecule has 0 spiro atoms. The molecule has 2 atom stereocenters. The number of carbonyl (C=O) groups excluding carboxylic acids is 1. The lowest BCUT2D eigenvalue weighted by atomic mass is 9.88. The molecule has 15 heavy (non-hydrogen) atoms. The third kappa shape index (κ3) is 4.62. The summed E-state index contributed by atoms with van der Waals surface area (Å²) in [7, 11) is 0. The lowest BCUT2D eigenvalue weighted by Gasteiger charge is -2.28. The van der Waals surface area contributed by atoms with Gasteiger partial charge in [-0.3, -0.25) is 4.79 Å². The number of hydrogen-bond donors (Lipinski definition) is 2. The van der Waals surface area contributed by atoms with Crippen LogP contribution in [0, 0.1) is 5.92 Å². The Labute approximate surface area is 91.5 Å². The van der Waals surface area contributed by atoms with Crippen LogP contribution >= 0.6 is 0 Å². The third-order valence-corrected chi connectivity index (χ3v) is 2.93. The Hall–Kier alpha value is -0.610. The van der Waals surface area contributed by atoms with Crippen LogP contribution in [-0.4, -0.2) is 31.7 Å². The summed E-state index contributed by atoms with van der Waals surface area (Å²) >= 11 is 0. The van der Waals surface area contributed by atoms with E-state index in [-0.39, 0.29) is 18.6 Å². The topological polar surface area (TPSA) is 64.3 Å². The second-order valence-corrected chi connectivity index (χ2v) is 4.25. The standard InChI is InChI=1S/C11H22N2O2/c1-9-4-2-3-5-10(9)15-8-11(14)13-7-6-12/h9-10H,2-8,12H2,1H3,(H,13,14). The second kappa shape index (κ2) is 6.80. The zero-order chi connectivity index (χ0) is 11.1. The summed E-state index contributed by atoms with van der Waals surface area (Å²) in [6.07, 6.45) is 5.09. The lowest BCUT2D eigenvalue weighted by Crippen LogP contribution is -2.35. The number of nitrogens with two attached hydrogens (primary N) is 1. The van der Waals surface area contributed by atoms with E-state index in [9.17, 15) is 4.79 Å². The maximum atomic E-state index is 11.3. The summed E-state index contributed by atoms with van der Waals surface area (Å²) in [4.78, 5) is 11.3. The van der Waals surface area contributed by atoms with Gasteiger partial charge in [0.25, 0.3) is 0 Å². The van der Waals surface area contributed by atoms with Gasteiger partial charge in [-0.1, -0.05) is 19.8 Å². The molecular weight excluding hydrogens is 192 g/mol. The number of ether oxygens (including phenoxy) is 1. The monoisotopic (exact) mass is 214 g/mol. The highest BCUT2D eigenvalue weighted by Crippen LogP contribution is 2.25. The van der Waals surface area contributed by atoms with E-state index in [1.807, 2.05) is 0 Å². The first-order valence-electron chi connectivity index (χ1n) is 5.82. The van der Waals surface area contributed by atoms with E-state index in [0.717, 1.165) is 6.42 Å². The van der Waals surface area contributed by atoms with E-state index >= 15 is 0 Å². The van der Waals surface area contributed by atoms with Crippen LogP contribution in [0.15, 0.2) is 0 Å². The van der Waals surface area contributed by atoms with E-state index in [1.165, 1.54) is 19.3 Å². The fourth-order valence-electron chi connectivity index (χ4n) is 1.98. The Morgan fingerprint density at radius 2 is 2.20 bits per heavy atom. The van der Waals surface area contributed by atoms with E-state index in [2.05, 4.69) is 12.2 Å². The van der Waals surface area contributed by atoms with Crippen molar-refractivity contribution in [1.82, 2.24) is 5.32 Å². The van der Waals surface area contributed by atoms with Crippen LogP contribution in [0.3, 0.4) is 0 Å². The molecule has 1 saturated carbocycles. The van der Waals surface area contributed by atoms with Crippen molar-refractivity contribution in [3.05, 3.63) is 0 Å². The third-order valence-electron chi connectivity index (χ3n) is 2.93. The molecule has 0 aromatic rings. The molecule has 1 rings (SSSR count). The molecule has 0 aromatic heterocycles. The lowest BCUT2D eigenvalue weighted by molar-refractivity contribution is -0.129. The molecule has 1 aliphatic rings. The molecule has 0 bridgehead atoms. The summed E-state index contributed by atoms with van der Waals surface area (Å²) in [5, 5.41) is 2.70. The molecule has 0 saturated heterocycles. The summed E-state index contributed by atoms with van der Waals surface area (Å²) in [6, 6.07) is 0. The molecule has 1 aliphatic carbocycles. The van der Waals surface area contributed by atoms with Gasteiger partial charge in [0, 0.05) is 13.1 Å². The normalized spacial score (nSPS) is 26.3. The van der Waals surface area contributed by atoms with Gasteiger partial charge in [0.05, 0.1) is 6.10 Å². The van der Waals surface area contributed by atoms with Gasteiger partial charge in [-0.15, -0.1) is 0 Å². The number of rotatable bonds is 5. The Balaban J connectivity index is 2.14. The smallest absolute Gasteiger partial charge is 0.246 e. The maximum absolute atomic E-state index is 11.3. The molecule has 1 fully saturated rings. The fraction of sp³-hybridized carbons (Fsp3) is 0.909. The largest absolute Gasteiger partial charge is 0.368 e. The van der Waals surface area contributed by atoms with Gasteiger partial charge in [-0.2, -0.15) is 0 Å². The van der Waals surface area contributed by atoms with Crippen LogP contribution < -0.4 is 11.1 Å². The second-order valence-electron chi connectivity index (χ2n) is 4.25. The van der Waals surface area contributed by atoms with Crippen LogP contribution in [0.2, 0.25) is 0 Å². The summed E-state index contributed by atoms with van der Waals surface area (Å²) in [5.41, 5.74) is 5.28. The quantitative estimate of drug-likeness (QED) is 0.706. The average Bonchev–Trinajstić information content (AvgIpc) is 2.25. The van der Waals surface area contributed by atoms with Crippen LogP contribution in [0.1, 0.15) is 32.6 Å². The molecule has 4 nitrogen and oxygen atoms in total. The first kappa shape index (κ1) is 12.5. The van der Waals surface area contributed by atoms with Crippen molar-refractivity contribution >= 4 is 5.91 Å². The van der Waals surface area contributed by atoms with E-state index in [0.29, 0.717) is 19.0 Å². The highest BCUT2D eigenvalue weighted by molar-refractivity contribution is 5.77. The molecule has 88 valence electrons. The molecule has 1 amide bonds. The van der Waals surface area contributed by atoms with Crippen LogP contribution in [0.5, 0.6) is 0 Å². The molecule has 3 N–H and O–H groups in total. The van der Waals surface area contributed by atoms with Crippen molar-refractivity contribution in [3.63, 3.8) is 0 Å². The molecule has 4 heteroatoms. The number of amides is 1. The zero-order valence-corrected chi connectivity index (χ0v) is 9.50. The molecule has 0 aromatic carbocycles. The fourth-order valence-corrected chi connectivity index (χ4v) is 1.98. The molecule has 0 radical (unpaired) electrons. The van der Waals surface area contributed by atoms with Crippen LogP contribution in [0.4, 0.5) is 0 Å². The molecule has 2 unspecified atom stereocenters. The van der Waals surface area contributed by atoms with E-state index < -0.39 is 0 Å². The number of nitrogens with one attached hydrogen (secondary N) is 1. The van der Waals surface area contributed by atoms with Gasteiger partial charge in [-0.05, 0) is 18.8 Å². The first-order chi connectivity index (χ1) is 7.24. The van der Waals surface area contributed by atoms with Crippen molar-refractivity contribution < 1.29 is 9.53 Å². The van der Waals surface area contributed by atoms with Crippen molar-refractivity contribution in [2.75, 3.05) is 19.7 Å². The van der Waals surface area contributed by atoms with Crippen molar-refractivity contribution in [3.8, 4) is 0 Å². The van der Waals surface area contributed by atoms with Crippen molar-refractivity contribution in [1.29, 1.82) is 0 Å². The highest BCUT2D eigenvalue weighted by Gasteiger charge is 2.22. The minimum atomic E-state index is -0.0572. The van der Waals surface area contributed by atoms with Crippen molar-refractivity contribution in [2.24, 2.45) is 11.7 Å². The van der Waals surface area contributed by atoms with Gasteiger partial charge in [0.1, 0.15) is 6.61 Å². The summed E-state index contributed by atoms with van der Waals surface area (Å²) in [6.45, 7) is 3.38. The van der Waals surface area contributed by atoms with Gasteiger partial charge in [-0.25, -0.2) is 0 Å². The predicted molar refractivity (Wildman–Crippen MR) is 59.4 cm³/mol. The average molecular weight is 214 g/mol.